The molecule has 2 aromatic carbocycles. The van der Waals surface area contributed by atoms with Crippen molar-refractivity contribution in [2.24, 2.45) is 0 Å². The Morgan fingerprint density at radius 1 is 1.00 bits per heavy atom. The van der Waals surface area contributed by atoms with Crippen LogP contribution in [0.15, 0.2) is 42.5 Å². The Hall–Kier alpha value is -2.66. The van der Waals surface area contributed by atoms with E-state index in [0.29, 0.717) is 11.8 Å². The predicted molar refractivity (Wildman–Crippen MR) is 132 cm³/mol. The van der Waals surface area contributed by atoms with Gasteiger partial charge in [-0.15, -0.1) is 0 Å². The van der Waals surface area contributed by atoms with Crippen LogP contribution in [0.1, 0.15) is 60.6 Å². The van der Waals surface area contributed by atoms with E-state index < -0.39 is 0 Å². The van der Waals surface area contributed by atoms with Crippen LogP contribution in [0.4, 0.5) is 11.5 Å². The van der Waals surface area contributed by atoms with Crippen molar-refractivity contribution in [2.45, 2.75) is 43.6 Å². The highest BCUT2D eigenvalue weighted by atomic mass is 16.5. The third-order valence-electron chi connectivity index (χ3n) is 6.97. The van der Waals surface area contributed by atoms with Crippen LogP contribution >= 0.6 is 0 Å². The van der Waals surface area contributed by atoms with Gasteiger partial charge in [0, 0.05) is 51.3 Å². The number of hydrogen-bond acceptors (Lipinski definition) is 5. The van der Waals surface area contributed by atoms with Crippen LogP contribution in [0.2, 0.25) is 0 Å². The van der Waals surface area contributed by atoms with Gasteiger partial charge in [-0.2, -0.15) is 0 Å². The molecule has 0 N–H and O–H groups in total. The number of anilines is 2. The van der Waals surface area contributed by atoms with E-state index in [4.69, 9.17) is 14.7 Å². The minimum absolute atomic E-state index is 0.191. The van der Waals surface area contributed by atoms with Crippen LogP contribution in [0.5, 0.6) is 0 Å². The highest BCUT2D eigenvalue weighted by Gasteiger charge is 2.30. The average Bonchev–Trinajstić information content (AvgIpc) is 3.68. The molecule has 0 spiro atoms. The van der Waals surface area contributed by atoms with E-state index in [9.17, 15) is 0 Å². The molecule has 1 unspecified atom stereocenters. The summed E-state index contributed by atoms with van der Waals surface area (Å²) in [7, 11) is 5.97. The van der Waals surface area contributed by atoms with Gasteiger partial charge in [-0.25, -0.2) is 9.97 Å². The monoisotopic (exact) mass is 429 g/mol. The first kappa shape index (κ1) is 21.2. The summed E-state index contributed by atoms with van der Waals surface area (Å²) >= 11 is 0. The van der Waals surface area contributed by atoms with E-state index in [-0.39, 0.29) is 6.10 Å². The molecule has 0 amide bonds. The molecule has 1 radical (unpaired) electrons. The van der Waals surface area contributed by atoms with Gasteiger partial charge < -0.3 is 14.5 Å². The summed E-state index contributed by atoms with van der Waals surface area (Å²) in [5.41, 5.74) is 4.90. The molecule has 1 aliphatic carbocycles. The molecule has 5 heteroatoms. The van der Waals surface area contributed by atoms with Crippen molar-refractivity contribution in [2.75, 3.05) is 44.1 Å². The summed E-state index contributed by atoms with van der Waals surface area (Å²) in [6.45, 7) is 6.13. The van der Waals surface area contributed by atoms with Gasteiger partial charge in [-0.3, -0.25) is 0 Å². The molecular weight excluding hydrogens is 396 g/mol. The van der Waals surface area contributed by atoms with Gasteiger partial charge in [0.05, 0.1) is 11.6 Å². The first-order valence-electron chi connectivity index (χ1n) is 11.7. The molecule has 5 nitrogen and oxygen atoms in total. The van der Waals surface area contributed by atoms with E-state index in [1.54, 1.807) is 7.11 Å². The quantitative estimate of drug-likeness (QED) is 0.519. The zero-order valence-corrected chi connectivity index (χ0v) is 19.4. The molecule has 1 aliphatic heterocycles. The minimum Gasteiger partial charge on any atom is -0.377 e. The van der Waals surface area contributed by atoms with Gasteiger partial charge in [-0.05, 0) is 67.9 Å². The van der Waals surface area contributed by atoms with Gasteiger partial charge in [0.2, 0.25) is 0 Å². The fourth-order valence-corrected chi connectivity index (χ4v) is 4.89. The Bertz CT molecular complexity index is 1100. The second-order valence-corrected chi connectivity index (χ2v) is 9.40. The molecule has 2 aliphatic rings. The summed E-state index contributed by atoms with van der Waals surface area (Å²) in [4.78, 5) is 14.7. The Kier molecular flexibility index (Phi) is 5.76. The number of methoxy groups -OCH3 is 1. The van der Waals surface area contributed by atoms with Gasteiger partial charge in [0.15, 0.2) is 0 Å². The number of para-hydroxylation sites is 1. The Morgan fingerprint density at radius 3 is 2.44 bits per heavy atom. The number of aromatic nitrogens is 2. The van der Waals surface area contributed by atoms with Crippen molar-refractivity contribution in [3.8, 4) is 0 Å². The number of nitrogens with zero attached hydrogens (tertiary/aromatic N) is 4. The summed E-state index contributed by atoms with van der Waals surface area (Å²) < 4.78 is 5.47. The highest BCUT2D eigenvalue weighted by molar-refractivity contribution is 5.90. The molecule has 1 saturated carbocycles. The molecule has 2 fully saturated rings. The van der Waals surface area contributed by atoms with E-state index in [1.807, 2.05) is 0 Å². The minimum atomic E-state index is -0.191. The number of fused-ring (bicyclic) bond motifs is 1. The lowest BCUT2D eigenvalue weighted by Gasteiger charge is -2.35. The van der Waals surface area contributed by atoms with Crippen molar-refractivity contribution in [1.82, 2.24) is 9.97 Å². The van der Waals surface area contributed by atoms with Crippen molar-refractivity contribution in [3.63, 3.8) is 0 Å². The number of hydrogen-bond donors (Lipinski definition) is 0. The second kappa shape index (κ2) is 8.70. The first-order valence-corrected chi connectivity index (χ1v) is 11.7. The number of benzene rings is 2. The van der Waals surface area contributed by atoms with Gasteiger partial charge in [0.1, 0.15) is 11.6 Å². The summed E-state index contributed by atoms with van der Waals surface area (Å²) in [6, 6.07) is 15.2. The average molecular weight is 430 g/mol. The second-order valence-electron chi connectivity index (χ2n) is 9.40. The van der Waals surface area contributed by atoms with Crippen molar-refractivity contribution in [1.29, 1.82) is 0 Å². The van der Waals surface area contributed by atoms with Crippen LogP contribution in [0, 0.1) is 6.92 Å². The highest BCUT2D eigenvalue weighted by Crippen LogP contribution is 2.41. The molecule has 0 bridgehead atoms. The first-order chi connectivity index (χ1) is 15.5. The predicted octanol–water partition coefficient (Wildman–Crippen LogP) is 5.48. The van der Waals surface area contributed by atoms with E-state index in [2.05, 4.69) is 73.3 Å². The fourth-order valence-electron chi connectivity index (χ4n) is 4.89. The third-order valence-corrected chi connectivity index (χ3v) is 6.97. The molecule has 1 atom stereocenters. The summed E-state index contributed by atoms with van der Waals surface area (Å²) in [6.07, 6.45) is 4.48. The maximum Gasteiger partial charge on any atom is 0.140 e. The van der Waals surface area contributed by atoms with Gasteiger partial charge in [-0.1, -0.05) is 24.3 Å². The molecule has 2 heterocycles. The van der Waals surface area contributed by atoms with Gasteiger partial charge in [0.25, 0.3) is 0 Å². The standard InChI is InChI=1S/C27H33N4O/c1-18(32-4)21-11-12-24-23(17-21)27(29-26(28-24)20-9-10-20)31-15-13-19(14-16-31)22-7-5-6-8-25(22)30(2)3/h5-8,11-12,17-20H,1,9-10,13-16H2,2-4H3. The number of rotatable bonds is 6. The SMILES string of the molecule is [CH2]C(OC)c1ccc2nc(C3CC3)nc(N3CCC(c4ccccc4N(C)C)CC3)c2c1. The van der Waals surface area contributed by atoms with E-state index in [1.165, 1.54) is 24.1 Å². The topological polar surface area (TPSA) is 41.5 Å². The van der Waals surface area contributed by atoms with Crippen LogP contribution in [-0.2, 0) is 4.74 Å². The number of ether oxygens (including phenoxy) is 1. The van der Waals surface area contributed by atoms with Crippen LogP contribution in [0.25, 0.3) is 10.9 Å². The van der Waals surface area contributed by atoms with Crippen molar-refractivity contribution in [3.05, 3.63) is 66.3 Å². The zero-order valence-electron chi connectivity index (χ0n) is 19.4. The van der Waals surface area contributed by atoms with Crippen LogP contribution < -0.4 is 9.80 Å². The van der Waals surface area contributed by atoms with E-state index in [0.717, 1.165) is 54.0 Å². The summed E-state index contributed by atoms with van der Waals surface area (Å²) in [5.74, 6) is 3.20. The Labute approximate surface area is 191 Å². The van der Waals surface area contributed by atoms with Gasteiger partial charge >= 0.3 is 0 Å². The largest absolute Gasteiger partial charge is 0.377 e. The number of piperidine rings is 1. The smallest absolute Gasteiger partial charge is 0.140 e. The molecule has 32 heavy (non-hydrogen) atoms. The van der Waals surface area contributed by atoms with Crippen LogP contribution in [0.3, 0.4) is 0 Å². The summed E-state index contributed by atoms with van der Waals surface area (Å²) in [5, 5.41) is 1.12. The fraction of sp³-hybridized carbons (Fsp3) is 0.444. The van der Waals surface area contributed by atoms with E-state index >= 15 is 0 Å². The molecule has 167 valence electrons. The molecule has 1 saturated heterocycles. The lowest BCUT2D eigenvalue weighted by atomic mass is 9.88. The van der Waals surface area contributed by atoms with Crippen molar-refractivity contribution < 1.29 is 4.74 Å². The zero-order chi connectivity index (χ0) is 22.2. The van der Waals surface area contributed by atoms with Crippen LogP contribution in [-0.4, -0.2) is 44.3 Å². The third kappa shape index (κ3) is 4.06. The van der Waals surface area contributed by atoms with Crippen molar-refractivity contribution >= 4 is 22.4 Å². The molecule has 5 rings (SSSR count). The lowest BCUT2D eigenvalue weighted by Crippen LogP contribution is -2.34. The maximum atomic E-state index is 5.47. The molecule has 3 aromatic rings. The molecule has 1 aromatic heterocycles. The lowest BCUT2D eigenvalue weighted by molar-refractivity contribution is 0.140. The maximum absolute atomic E-state index is 5.47. The Morgan fingerprint density at radius 2 is 1.75 bits per heavy atom. The molecular formula is C27H33N4O. The normalized spacial score (nSPS) is 18.2. The Balaban J connectivity index is 1.46.